The van der Waals surface area contributed by atoms with Crippen molar-refractivity contribution in [3.8, 4) is 0 Å². The van der Waals surface area contributed by atoms with Gasteiger partial charge in [0.25, 0.3) is 0 Å². The fraction of sp³-hybridized carbons (Fsp3) is 0.385. The summed E-state index contributed by atoms with van der Waals surface area (Å²) >= 11 is 0. The smallest absolute Gasteiger partial charge is 0.0989 e. The van der Waals surface area contributed by atoms with Crippen molar-refractivity contribution in [1.29, 1.82) is 0 Å². The quantitative estimate of drug-likeness (QED) is 0.743. The molecule has 0 spiro atoms. The molecule has 0 unspecified atom stereocenters. The molecule has 1 aromatic carbocycles. The maximum absolute atomic E-state index is 8.82. The summed E-state index contributed by atoms with van der Waals surface area (Å²) in [6.07, 6.45) is 0. The van der Waals surface area contributed by atoms with Crippen LogP contribution in [-0.2, 0) is 6.54 Å². The SMILES string of the molecule is C=C(O)CNCc1ccc(C)cc1.CC. The highest BCUT2D eigenvalue weighted by Gasteiger charge is 1.92. The number of hydrogen-bond acceptors (Lipinski definition) is 2. The number of hydrogen-bond donors (Lipinski definition) is 2. The summed E-state index contributed by atoms with van der Waals surface area (Å²) in [5.74, 6) is 0.173. The van der Waals surface area contributed by atoms with Gasteiger partial charge in [-0.25, -0.2) is 0 Å². The van der Waals surface area contributed by atoms with Crippen molar-refractivity contribution in [3.05, 3.63) is 47.7 Å². The zero-order valence-electron chi connectivity index (χ0n) is 9.88. The van der Waals surface area contributed by atoms with E-state index < -0.39 is 0 Å². The Labute approximate surface area is 92.6 Å². The van der Waals surface area contributed by atoms with Crippen molar-refractivity contribution in [2.45, 2.75) is 27.3 Å². The Morgan fingerprint density at radius 3 is 2.27 bits per heavy atom. The molecular formula is C13H21NO. The van der Waals surface area contributed by atoms with Crippen molar-refractivity contribution in [1.82, 2.24) is 5.32 Å². The molecule has 2 heteroatoms. The summed E-state index contributed by atoms with van der Waals surface area (Å²) in [5.41, 5.74) is 2.47. The molecule has 0 amide bonds. The number of rotatable bonds is 4. The highest BCUT2D eigenvalue weighted by Crippen LogP contribution is 2.02. The van der Waals surface area contributed by atoms with Crippen LogP contribution in [0.4, 0.5) is 0 Å². The van der Waals surface area contributed by atoms with Crippen LogP contribution in [0, 0.1) is 6.92 Å². The van der Waals surface area contributed by atoms with E-state index in [-0.39, 0.29) is 5.76 Å². The average molecular weight is 207 g/mol. The van der Waals surface area contributed by atoms with E-state index in [0.717, 1.165) is 6.54 Å². The van der Waals surface area contributed by atoms with Gasteiger partial charge >= 0.3 is 0 Å². The van der Waals surface area contributed by atoms with Gasteiger partial charge in [0.15, 0.2) is 0 Å². The number of benzene rings is 1. The molecule has 0 aromatic heterocycles. The fourth-order valence-corrected chi connectivity index (χ4v) is 1.06. The molecule has 0 aliphatic rings. The third kappa shape index (κ3) is 6.75. The van der Waals surface area contributed by atoms with Crippen LogP contribution < -0.4 is 5.32 Å². The van der Waals surface area contributed by atoms with Crippen molar-refractivity contribution >= 4 is 0 Å². The maximum atomic E-state index is 8.82. The lowest BCUT2D eigenvalue weighted by molar-refractivity contribution is 0.391. The van der Waals surface area contributed by atoms with E-state index in [2.05, 4.69) is 43.1 Å². The first-order valence-electron chi connectivity index (χ1n) is 5.31. The first-order chi connectivity index (χ1) is 7.18. The van der Waals surface area contributed by atoms with Gasteiger partial charge in [-0.3, -0.25) is 0 Å². The first kappa shape index (κ1) is 13.7. The molecule has 0 aliphatic carbocycles. The molecule has 0 atom stereocenters. The normalized spacial score (nSPS) is 9.00. The number of nitrogens with one attached hydrogen (secondary N) is 1. The summed E-state index contributed by atoms with van der Waals surface area (Å²) in [6, 6.07) is 8.29. The number of aliphatic hydroxyl groups is 1. The summed E-state index contributed by atoms with van der Waals surface area (Å²) in [5, 5.41) is 11.9. The molecule has 1 aromatic rings. The molecule has 2 N–H and O–H groups in total. The van der Waals surface area contributed by atoms with Gasteiger partial charge in [-0.2, -0.15) is 0 Å². The third-order valence-corrected chi connectivity index (χ3v) is 1.78. The Kier molecular flexibility index (Phi) is 7.38. The summed E-state index contributed by atoms with van der Waals surface area (Å²) in [4.78, 5) is 0. The summed E-state index contributed by atoms with van der Waals surface area (Å²) in [6.45, 7) is 10.7. The monoisotopic (exact) mass is 207 g/mol. The van der Waals surface area contributed by atoms with Crippen molar-refractivity contribution < 1.29 is 5.11 Å². The van der Waals surface area contributed by atoms with Crippen molar-refractivity contribution in [3.63, 3.8) is 0 Å². The van der Waals surface area contributed by atoms with E-state index in [1.165, 1.54) is 11.1 Å². The predicted octanol–water partition coefficient (Wildman–Crippen LogP) is 3.18. The maximum Gasteiger partial charge on any atom is 0.0989 e. The van der Waals surface area contributed by atoms with Crippen molar-refractivity contribution in [2.75, 3.05) is 6.54 Å². The molecule has 0 radical (unpaired) electrons. The minimum absolute atomic E-state index is 0.173. The van der Waals surface area contributed by atoms with Gasteiger partial charge in [-0.1, -0.05) is 50.3 Å². The molecule has 0 fully saturated rings. The topological polar surface area (TPSA) is 32.3 Å². The minimum Gasteiger partial charge on any atom is -0.512 e. The van der Waals surface area contributed by atoms with Gasteiger partial charge < -0.3 is 10.4 Å². The van der Waals surface area contributed by atoms with Crippen LogP contribution in [0.15, 0.2) is 36.6 Å². The van der Waals surface area contributed by atoms with Gasteiger partial charge in [0, 0.05) is 6.54 Å². The van der Waals surface area contributed by atoms with Crippen LogP contribution in [0.2, 0.25) is 0 Å². The standard InChI is InChI=1S/C11H15NO.C2H6/c1-9-3-5-11(6-4-9)8-12-7-10(2)13;1-2/h3-6,12-13H,2,7-8H2,1H3;1-2H3. The molecule has 0 aliphatic heterocycles. The molecule has 0 bridgehead atoms. The lowest BCUT2D eigenvalue weighted by atomic mass is 10.1. The zero-order chi connectivity index (χ0) is 11.7. The van der Waals surface area contributed by atoms with Crippen LogP contribution in [0.3, 0.4) is 0 Å². The van der Waals surface area contributed by atoms with Crippen LogP contribution >= 0.6 is 0 Å². The van der Waals surface area contributed by atoms with Crippen LogP contribution in [-0.4, -0.2) is 11.7 Å². The predicted molar refractivity (Wildman–Crippen MR) is 66.0 cm³/mol. The number of aliphatic hydroxyl groups excluding tert-OH is 1. The second-order valence-corrected chi connectivity index (χ2v) is 3.16. The molecular weight excluding hydrogens is 186 g/mol. The molecule has 0 heterocycles. The minimum atomic E-state index is 0.173. The van der Waals surface area contributed by atoms with Gasteiger partial charge in [0.2, 0.25) is 0 Å². The highest BCUT2D eigenvalue weighted by atomic mass is 16.3. The van der Waals surface area contributed by atoms with E-state index in [9.17, 15) is 0 Å². The lowest BCUT2D eigenvalue weighted by Crippen LogP contribution is -2.15. The van der Waals surface area contributed by atoms with E-state index >= 15 is 0 Å². The molecule has 15 heavy (non-hydrogen) atoms. The Morgan fingerprint density at radius 1 is 1.27 bits per heavy atom. The second kappa shape index (κ2) is 8.06. The van der Waals surface area contributed by atoms with E-state index in [1.807, 2.05) is 13.8 Å². The van der Waals surface area contributed by atoms with Gasteiger partial charge in [0.05, 0.1) is 12.3 Å². The second-order valence-electron chi connectivity index (χ2n) is 3.16. The Hall–Kier alpha value is -1.28. The van der Waals surface area contributed by atoms with E-state index in [0.29, 0.717) is 6.54 Å². The summed E-state index contributed by atoms with van der Waals surface area (Å²) in [7, 11) is 0. The third-order valence-electron chi connectivity index (χ3n) is 1.78. The van der Waals surface area contributed by atoms with Gasteiger partial charge in [0.1, 0.15) is 0 Å². The van der Waals surface area contributed by atoms with E-state index in [4.69, 9.17) is 5.11 Å². The molecule has 2 nitrogen and oxygen atoms in total. The van der Waals surface area contributed by atoms with Gasteiger partial charge in [-0.15, -0.1) is 0 Å². The lowest BCUT2D eigenvalue weighted by Gasteiger charge is -2.03. The number of aryl methyl sites for hydroxylation is 1. The highest BCUT2D eigenvalue weighted by molar-refractivity contribution is 5.21. The fourth-order valence-electron chi connectivity index (χ4n) is 1.06. The Balaban J connectivity index is 0.000000921. The summed E-state index contributed by atoms with van der Waals surface area (Å²) < 4.78 is 0. The average Bonchev–Trinajstić information content (AvgIpc) is 2.23. The van der Waals surface area contributed by atoms with Crippen LogP contribution in [0.1, 0.15) is 25.0 Å². The van der Waals surface area contributed by atoms with Crippen LogP contribution in [0.5, 0.6) is 0 Å². The largest absolute Gasteiger partial charge is 0.512 e. The Bertz CT molecular complexity index is 277. The molecule has 0 saturated carbocycles. The Morgan fingerprint density at radius 2 is 1.80 bits per heavy atom. The van der Waals surface area contributed by atoms with Gasteiger partial charge in [-0.05, 0) is 12.5 Å². The molecule has 1 rings (SSSR count). The zero-order valence-corrected chi connectivity index (χ0v) is 9.88. The first-order valence-corrected chi connectivity index (χ1v) is 5.31. The molecule has 84 valence electrons. The van der Waals surface area contributed by atoms with Crippen molar-refractivity contribution in [2.24, 2.45) is 0 Å². The van der Waals surface area contributed by atoms with Crippen LogP contribution in [0.25, 0.3) is 0 Å². The van der Waals surface area contributed by atoms with E-state index in [1.54, 1.807) is 0 Å². The molecule has 0 saturated heterocycles.